The minimum Gasteiger partial charge on any atom is -0.351 e. The van der Waals surface area contributed by atoms with E-state index in [1.807, 2.05) is 6.07 Å². The lowest BCUT2D eigenvalue weighted by Gasteiger charge is -2.37. The van der Waals surface area contributed by atoms with Gasteiger partial charge in [0, 0.05) is 12.6 Å². The molecule has 3 rings (SSSR count). The van der Waals surface area contributed by atoms with Crippen LogP contribution >= 0.6 is 12.4 Å². The quantitative estimate of drug-likeness (QED) is 0.896. The molecule has 1 aromatic carbocycles. The van der Waals surface area contributed by atoms with E-state index < -0.39 is 5.41 Å². The zero-order chi connectivity index (χ0) is 14.7. The fourth-order valence-corrected chi connectivity index (χ4v) is 3.69. The largest absolute Gasteiger partial charge is 0.351 e. The zero-order valence-corrected chi connectivity index (χ0v) is 13.6. The summed E-state index contributed by atoms with van der Waals surface area (Å²) in [4.78, 5) is 12.9. The number of carbonyl (C=O) groups is 1. The number of halogens is 2. The van der Waals surface area contributed by atoms with Gasteiger partial charge in [-0.2, -0.15) is 0 Å². The van der Waals surface area contributed by atoms with Crippen LogP contribution in [0, 0.1) is 5.82 Å². The van der Waals surface area contributed by atoms with Crippen LogP contribution in [0.1, 0.15) is 44.1 Å². The Bertz CT molecular complexity index is 511. The molecule has 5 heteroatoms. The molecule has 0 aromatic heterocycles. The summed E-state index contributed by atoms with van der Waals surface area (Å²) < 4.78 is 13.6. The average Bonchev–Trinajstić information content (AvgIpc) is 3.01. The summed E-state index contributed by atoms with van der Waals surface area (Å²) in [5.41, 5.74) is 0.300. The van der Waals surface area contributed by atoms with Gasteiger partial charge >= 0.3 is 0 Å². The van der Waals surface area contributed by atoms with Crippen LogP contribution in [-0.2, 0) is 10.2 Å². The molecule has 0 radical (unpaired) electrons. The van der Waals surface area contributed by atoms with Crippen molar-refractivity contribution in [2.45, 2.75) is 50.0 Å². The maximum Gasteiger partial charge on any atom is 0.230 e. The molecule has 1 saturated carbocycles. The first-order valence-corrected chi connectivity index (χ1v) is 7.98. The Morgan fingerprint density at radius 2 is 2.05 bits per heavy atom. The van der Waals surface area contributed by atoms with Crippen LogP contribution in [0.5, 0.6) is 0 Å². The van der Waals surface area contributed by atoms with Crippen LogP contribution in [0.3, 0.4) is 0 Å². The van der Waals surface area contributed by atoms with Crippen molar-refractivity contribution in [1.29, 1.82) is 0 Å². The Kier molecular flexibility index (Phi) is 5.81. The minimum absolute atomic E-state index is 0. The molecule has 0 spiro atoms. The third-order valence-electron chi connectivity index (χ3n) is 4.91. The predicted molar refractivity (Wildman–Crippen MR) is 87.8 cm³/mol. The van der Waals surface area contributed by atoms with E-state index in [9.17, 15) is 9.18 Å². The number of carbonyl (C=O) groups excluding carboxylic acids is 1. The molecule has 1 heterocycles. The highest BCUT2D eigenvalue weighted by Crippen LogP contribution is 2.40. The lowest BCUT2D eigenvalue weighted by Crippen LogP contribution is -2.49. The molecular weight excluding hydrogens is 303 g/mol. The summed E-state index contributed by atoms with van der Waals surface area (Å²) >= 11 is 0. The molecule has 1 amide bonds. The van der Waals surface area contributed by atoms with Crippen molar-refractivity contribution in [3.8, 4) is 0 Å². The third-order valence-corrected chi connectivity index (χ3v) is 4.91. The first-order chi connectivity index (χ1) is 10.2. The van der Waals surface area contributed by atoms with E-state index in [0.29, 0.717) is 0 Å². The van der Waals surface area contributed by atoms with Crippen molar-refractivity contribution in [3.05, 3.63) is 35.6 Å². The fraction of sp³-hybridized carbons (Fsp3) is 0.588. The number of hydrogen-bond donors (Lipinski definition) is 2. The molecular formula is C17H24ClFN2O. The highest BCUT2D eigenvalue weighted by Gasteiger charge is 2.42. The summed E-state index contributed by atoms with van der Waals surface area (Å²) in [7, 11) is 0. The molecule has 1 unspecified atom stereocenters. The Morgan fingerprint density at radius 3 is 2.68 bits per heavy atom. The fourth-order valence-electron chi connectivity index (χ4n) is 3.69. The van der Waals surface area contributed by atoms with Gasteiger partial charge in [-0.15, -0.1) is 12.4 Å². The molecule has 22 heavy (non-hydrogen) atoms. The van der Waals surface area contributed by atoms with Crippen molar-refractivity contribution >= 4 is 18.3 Å². The van der Waals surface area contributed by atoms with Crippen LogP contribution in [0.2, 0.25) is 0 Å². The Hall–Kier alpha value is -1.13. The van der Waals surface area contributed by atoms with Crippen molar-refractivity contribution in [1.82, 2.24) is 10.6 Å². The van der Waals surface area contributed by atoms with Gasteiger partial charge in [-0.3, -0.25) is 4.79 Å². The molecule has 3 nitrogen and oxygen atoms in total. The van der Waals surface area contributed by atoms with Crippen molar-refractivity contribution in [2.75, 3.05) is 13.1 Å². The van der Waals surface area contributed by atoms with Crippen LogP contribution in [0.4, 0.5) is 4.39 Å². The molecule has 1 aromatic rings. The number of nitrogens with one attached hydrogen (secondary N) is 2. The molecule has 2 aliphatic rings. The van der Waals surface area contributed by atoms with E-state index in [-0.39, 0.29) is 30.2 Å². The molecule has 2 fully saturated rings. The summed E-state index contributed by atoms with van der Waals surface area (Å²) in [6.07, 6.45) is 5.85. The van der Waals surface area contributed by atoms with E-state index >= 15 is 0 Å². The second kappa shape index (κ2) is 7.42. The van der Waals surface area contributed by atoms with Gasteiger partial charge in [-0.1, -0.05) is 31.4 Å². The molecule has 1 aliphatic carbocycles. The second-order valence-electron chi connectivity index (χ2n) is 6.32. The van der Waals surface area contributed by atoms with Gasteiger partial charge in [0.25, 0.3) is 0 Å². The first-order valence-electron chi connectivity index (χ1n) is 7.98. The van der Waals surface area contributed by atoms with Crippen molar-refractivity contribution in [3.63, 3.8) is 0 Å². The van der Waals surface area contributed by atoms with Gasteiger partial charge in [0.05, 0.1) is 5.41 Å². The van der Waals surface area contributed by atoms with Crippen LogP contribution < -0.4 is 10.6 Å². The first kappa shape index (κ1) is 17.2. The molecule has 0 bridgehead atoms. The van der Waals surface area contributed by atoms with Gasteiger partial charge in [-0.25, -0.2) is 4.39 Å². The van der Waals surface area contributed by atoms with E-state index in [2.05, 4.69) is 10.6 Å². The van der Waals surface area contributed by atoms with Gasteiger partial charge in [0.1, 0.15) is 5.82 Å². The Balaban J connectivity index is 0.00000176. The smallest absolute Gasteiger partial charge is 0.230 e. The van der Waals surface area contributed by atoms with Crippen LogP contribution in [-0.4, -0.2) is 25.0 Å². The predicted octanol–water partition coefficient (Wildman–Crippen LogP) is 2.93. The highest BCUT2D eigenvalue weighted by atomic mass is 35.5. The maximum absolute atomic E-state index is 13.6. The molecule has 1 saturated heterocycles. The normalized spacial score (nSPS) is 23.6. The average molecular weight is 327 g/mol. The maximum atomic E-state index is 13.6. The molecule has 1 aliphatic heterocycles. The summed E-state index contributed by atoms with van der Waals surface area (Å²) in [6, 6.07) is 6.81. The molecule has 122 valence electrons. The number of amides is 1. The van der Waals surface area contributed by atoms with Gasteiger partial charge in [0.2, 0.25) is 5.91 Å². The minimum atomic E-state index is -0.539. The number of rotatable bonds is 3. The van der Waals surface area contributed by atoms with Crippen molar-refractivity contribution < 1.29 is 9.18 Å². The van der Waals surface area contributed by atoms with E-state index in [0.717, 1.165) is 57.2 Å². The van der Waals surface area contributed by atoms with Gasteiger partial charge in [0.15, 0.2) is 0 Å². The summed E-state index contributed by atoms with van der Waals surface area (Å²) in [6.45, 7) is 1.79. The highest BCUT2D eigenvalue weighted by molar-refractivity contribution is 5.88. The van der Waals surface area contributed by atoms with E-state index in [4.69, 9.17) is 0 Å². The molecule has 1 atom stereocenters. The van der Waals surface area contributed by atoms with E-state index in [1.54, 1.807) is 6.07 Å². The Labute approximate surface area is 137 Å². The molecule has 2 N–H and O–H groups in total. The third kappa shape index (κ3) is 3.44. The summed E-state index contributed by atoms with van der Waals surface area (Å²) in [5, 5.41) is 6.45. The number of benzene rings is 1. The van der Waals surface area contributed by atoms with Crippen LogP contribution in [0.25, 0.3) is 0 Å². The Morgan fingerprint density at radius 1 is 1.27 bits per heavy atom. The lowest BCUT2D eigenvalue weighted by molar-refractivity contribution is -0.128. The lowest BCUT2D eigenvalue weighted by atomic mass is 9.68. The topological polar surface area (TPSA) is 41.1 Å². The standard InChI is InChI=1S/C17H23FN2O.ClH/c18-14-6-4-5-13(11-14)17(8-2-1-3-9-17)16(21)20-15-7-10-19-12-15;/h4-6,11,15,19H,1-3,7-10,12H2,(H,20,21);1H. The summed E-state index contributed by atoms with van der Waals surface area (Å²) in [5.74, 6) is -0.172. The monoisotopic (exact) mass is 326 g/mol. The zero-order valence-electron chi connectivity index (χ0n) is 12.7. The second-order valence-corrected chi connectivity index (χ2v) is 6.32. The van der Waals surface area contributed by atoms with Gasteiger partial charge in [-0.05, 0) is 43.5 Å². The van der Waals surface area contributed by atoms with Crippen molar-refractivity contribution in [2.24, 2.45) is 0 Å². The van der Waals surface area contributed by atoms with Crippen LogP contribution in [0.15, 0.2) is 24.3 Å². The SMILES string of the molecule is Cl.O=C(NC1CCNC1)C1(c2cccc(F)c2)CCCCC1. The number of hydrogen-bond acceptors (Lipinski definition) is 2. The van der Waals surface area contributed by atoms with Gasteiger partial charge < -0.3 is 10.6 Å². The van der Waals surface area contributed by atoms with E-state index in [1.165, 1.54) is 12.1 Å².